The van der Waals surface area contributed by atoms with Gasteiger partial charge in [0.1, 0.15) is 5.52 Å². The van der Waals surface area contributed by atoms with Crippen LogP contribution in [-0.4, -0.2) is 47.8 Å². The molecule has 1 aromatic carbocycles. The van der Waals surface area contributed by atoms with Crippen molar-refractivity contribution in [3.63, 3.8) is 0 Å². The van der Waals surface area contributed by atoms with Gasteiger partial charge in [-0.3, -0.25) is 4.57 Å². The number of benzene rings is 1. The highest BCUT2D eigenvalue weighted by Gasteiger charge is 2.24. The van der Waals surface area contributed by atoms with Gasteiger partial charge in [-0.05, 0) is 36.6 Å². The Morgan fingerprint density at radius 3 is 2.90 bits per heavy atom. The second-order valence-corrected chi connectivity index (χ2v) is 8.59. The summed E-state index contributed by atoms with van der Waals surface area (Å²) < 4.78 is 2.62. The zero-order chi connectivity index (χ0) is 20.7. The minimum absolute atomic E-state index is 0.0168. The van der Waals surface area contributed by atoms with Crippen LogP contribution in [0.3, 0.4) is 0 Å². The first-order valence-corrected chi connectivity index (χ1v) is 10.8. The van der Waals surface area contributed by atoms with Gasteiger partial charge in [-0.15, -0.1) is 0 Å². The predicted octanol–water partition coefficient (Wildman–Crippen LogP) is 3.50. The summed E-state index contributed by atoms with van der Waals surface area (Å²) in [6, 6.07) is 9.41. The summed E-state index contributed by atoms with van der Waals surface area (Å²) in [5, 5.41) is 24.0. The van der Waals surface area contributed by atoms with E-state index in [1.165, 1.54) is 0 Å². The van der Waals surface area contributed by atoms with Gasteiger partial charge in [-0.25, -0.2) is 19.7 Å². The maximum Gasteiger partial charge on any atom is 0.372 e. The van der Waals surface area contributed by atoms with E-state index in [4.69, 9.17) is 4.98 Å². The molecule has 0 aliphatic heterocycles. The Morgan fingerprint density at radius 2 is 2.07 bits per heavy atom. The lowest BCUT2D eigenvalue weighted by Crippen LogP contribution is -2.36. The maximum atomic E-state index is 11.7. The molecule has 4 aromatic rings. The molecule has 0 spiro atoms. The van der Waals surface area contributed by atoms with E-state index in [-0.39, 0.29) is 18.0 Å². The Kier molecular flexibility index (Phi) is 4.84. The second-order valence-electron chi connectivity index (χ2n) is 7.56. The van der Waals surface area contributed by atoms with Gasteiger partial charge in [0, 0.05) is 6.20 Å². The van der Waals surface area contributed by atoms with Gasteiger partial charge in [0.05, 0.1) is 28.9 Å². The Morgan fingerprint density at radius 1 is 1.20 bits per heavy atom. The van der Waals surface area contributed by atoms with Crippen molar-refractivity contribution >= 4 is 43.8 Å². The number of rotatable bonds is 5. The van der Waals surface area contributed by atoms with Gasteiger partial charge in [-0.2, -0.15) is 0 Å². The minimum Gasteiger partial charge on any atom is -0.475 e. The van der Waals surface area contributed by atoms with Gasteiger partial charge in [0.25, 0.3) is 0 Å². The van der Waals surface area contributed by atoms with Crippen LogP contribution in [0.2, 0.25) is 0 Å². The Bertz CT molecular complexity index is 1230. The molecular weight excluding hydrogens is 402 g/mol. The van der Waals surface area contributed by atoms with Crippen molar-refractivity contribution in [3.05, 3.63) is 47.9 Å². The summed E-state index contributed by atoms with van der Waals surface area (Å²) in [5.74, 6) is -1.13. The van der Waals surface area contributed by atoms with Gasteiger partial charge in [0.2, 0.25) is 5.82 Å². The summed E-state index contributed by atoms with van der Waals surface area (Å²) >= 11 is 1.54. The molecule has 0 radical (unpaired) electrons. The molecule has 0 amide bonds. The highest BCUT2D eigenvalue weighted by atomic mass is 32.1. The standard InChI is InChI=1S/C21H21N5O3S/c27-15-8-2-1-6-13(15)24-21-25-17-12(5-3-9-16(17)30-21)11-26-18-14(7-4-10-22-18)23-19(26)20(28)29/h3-5,7,9-10,13,15,27H,1-2,6,8,11H2,(H,24,25)(H,28,29). The smallest absolute Gasteiger partial charge is 0.372 e. The molecule has 1 aliphatic rings. The summed E-state index contributed by atoms with van der Waals surface area (Å²) in [6.45, 7) is 0.307. The molecule has 154 valence electrons. The number of hydrogen-bond acceptors (Lipinski definition) is 7. The first-order valence-electron chi connectivity index (χ1n) is 9.98. The van der Waals surface area contributed by atoms with Crippen LogP contribution in [0, 0.1) is 0 Å². The Balaban J connectivity index is 1.51. The molecule has 3 aromatic heterocycles. The van der Waals surface area contributed by atoms with Crippen molar-refractivity contribution in [2.24, 2.45) is 0 Å². The number of carbonyl (C=O) groups is 1. The number of carboxylic acid groups (broad SMARTS) is 1. The third-order valence-corrected chi connectivity index (χ3v) is 6.52. The van der Waals surface area contributed by atoms with E-state index in [9.17, 15) is 15.0 Å². The average molecular weight is 423 g/mol. The van der Waals surface area contributed by atoms with Gasteiger partial charge in [-0.1, -0.05) is 36.3 Å². The molecule has 2 unspecified atom stereocenters. The number of aromatic nitrogens is 4. The fourth-order valence-corrected chi connectivity index (χ4v) is 5.05. The number of aliphatic hydroxyl groups excluding tert-OH is 1. The van der Waals surface area contributed by atoms with E-state index < -0.39 is 5.97 Å². The number of nitrogens with zero attached hydrogens (tertiary/aromatic N) is 4. The predicted molar refractivity (Wildman–Crippen MR) is 115 cm³/mol. The van der Waals surface area contributed by atoms with Crippen molar-refractivity contribution < 1.29 is 15.0 Å². The van der Waals surface area contributed by atoms with Crippen LogP contribution >= 0.6 is 11.3 Å². The summed E-state index contributed by atoms with van der Waals surface area (Å²) in [6.07, 6.45) is 5.18. The van der Waals surface area contributed by atoms with Crippen molar-refractivity contribution in [1.82, 2.24) is 19.5 Å². The number of carboxylic acids is 1. The number of pyridine rings is 1. The van der Waals surface area contributed by atoms with Crippen molar-refractivity contribution in [2.75, 3.05) is 5.32 Å². The van der Waals surface area contributed by atoms with E-state index in [1.807, 2.05) is 18.2 Å². The molecule has 9 heteroatoms. The molecule has 8 nitrogen and oxygen atoms in total. The van der Waals surface area contributed by atoms with Crippen LogP contribution in [0.15, 0.2) is 36.5 Å². The Hall–Kier alpha value is -3.04. The van der Waals surface area contributed by atoms with Crippen LogP contribution in [0.25, 0.3) is 21.4 Å². The summed E-state index contributed by atoms with van der Waals surface area (Å²) in [5.41, 5.74) is 2.80. The number of fused-ring (bicyclic) bond motifs is 2. The number of nitrogens with one attached hydrogen (secondary N) is 1. The SMILES string of the molecule is O=C(O)c1nc2cccnc2n1Cc1cccc2sc(NC3CCCCC3O)nc12. The number of thiazole rings is 1. The van der Waals surface area contributed by atoms with E-state index in [0.29, 0.717) is 17.7 Å². The fraction of sp³-hybridized carbons (Fsp3) is 0.333. The highest BCUT2D eigenvalue weighted by Crippen LogP contribution is 2.31. The molecule has 0 bridgehead atoms. The van der Waals surface area contributed by atoms with Crippen LogP contribution in [0.5, 0.6) is 0 Å². The lowest BCUT2D eigenvalue weighted by Gasteiger charge is -2.28. The number of aliphatic hydroxyl groups is 1. The Labute approximate surface area is 176 Å². The molecule has 1 fully saturated rings. The quantitative estimate of drug-likeness (QED) is 0.450. The monoisotopic (exact) mass is 423 g/mol. The lowest BCUT2D eigenvalue weighted by molar-refractivity contribution is 0.0679. The first-order chi connectivity index (χ1) is 14.6. The molecule has 2 atom stereocenters. The van der Waals surface area contributed by atoms with Gasteiger partial charge in [0.15, 0.2) is 10.8 Å². The highest BCUT2D eigenvalue weighted by molar-refractivity contribution is 7.22. The molecule has 3 N–H and O–H groups in total. The van der Waals surface area contributed by atoms with Crippen LogP contribution in [0.4, 0.5) is 5.13 Å². The van der Waals surface area contributed by atoms with E-state index >= 15 is 0 Å². The maximum absolute atomic E-state index is 11.7. The molecular formula is C21H21N5O3S. The van der Waals surface area contributed by atoms with Crippen LogP contribution in [0.1, 0.15) is 41.9 Å². The topological polar surface area (TPSA) is 113 Å². The van der Waals surface area contributed by atoms with Gasteiger partial charge < -0.3 is 15.5 Å². The largest absolute Gasteiger partial charge is 0.475 e. The van der Waals surface area contributed by atoms with E-state index in [1.54, 1.807) is 34.2 Å². The van der Waals surface area contributed by atoms with Crippen molar-refractivity contribution in [2.45, 2.75) is 44.4 Å². The number of aromatic carboxylic acids is 1. The normalized spacial score (nSPS) is 19.4. The number of imidazole rings is 1. The zero-order valence-electron chi connectivity index (χ0n) is 16.2. The molecule has 3 heterocycles. The van der Waals surface area contributed by atoms with Crippen LogP contribution in [-0.2, 0) is 6.54 Å². The summed E-state index contributed by atoms with van der Waals surface area (Å²) in [7, 11) is 0. The van der Waals surface area contributed by atoms with E-state index in [0.717, 1.165) is 46.6 Å². The molecule has 5 rings (SSSR count). The van der Waals surface area contributed by atoms with Gasteiger partial charge >= 0.3 is 5.97 Å². The van der Waals surface area contributed by atoms with Crippen molar-refractivity contribution in [3.8, 4) is 0 Å². The average Bonchev–Trinajstić information content (AvgIpc) is 3.32. The molecule has 30 heavy (non-hydrogen) atoms. The first kappa shape index (κ1) is 19.0. The summed E-state index contributed by atoms with van der Waals surface area (Å²) in [4.78, 5) is 25.1. The fourth-order valence-electron chi connectivity index (χ4n) is 4.08. The molecule has 1 saturated carbocycles. The van der Waals surface area contributed by atoms with Crippen LogP contribution < -0.4 is 5.32 Å². The number of hydrogen-bond donors (Lipinski definition) is 3. The zero-order valence-corrected chi connectivity index (χ0v) is 17.0. The third-order valence-electron chi connectivity index (χ3n) is 5.56. The third kappa shape index (κ3) is 3.40. The molecule has 1 aliphatic carbocycles. The number of anilines is 1. The lowest BCUT2D eigenvalue weighted by atomic mass is 9.93. The van der Waals surface area contributed by atoms with E-state index in [2.05, 4.69) is 15.3 Å². The minimum atomic E-state index is -1.09. The number of para-hydroxylation sites is 1. The second kappa shape index (κ2) is 7.66. The van der Waals surface area contributed by atoms with Crippen molar-refractivity contribution in [1.29, 1.82) is 0 Å². The molecule has 0 saturated heterocycles.